The van der Waals surface area contributed by atoms with Crippen LogP contribution in [-0.2, 0) is 25.9 Å². The lowest BCUT2D eigenvalue weighted by molar-refractivity contribution is 0.130. The standard InChI is InChI=1S/C21H30N4/c1-2-8-23-9-6-16-13-19-20(14-17(16)15-23)25-12-11-24(18-4-3-5-18)10-7-21(25)22-19/h13-14,18H,2-12,15H2,1H3. The quantitative estimate of drug-likeness (QED) is 0.859. The smallest absolute Gasteiger partial charge is 0.111 e. The van der Waals surface area contributed by atoms with Gasteiger partial charge in [0.05, 0.1) is 11.0 Å². The molecule has 1 aromatic carbocycles. The second kappa shape index (κ2) is 6.40. The zero-order valence-electron chi connectivity index (χ0n) is 15.5. The minimum absolute atomic E-state index is 0.853. The highest BCUT2D eigenvalue weighted by Crippen LogP contribution is 2.29. The van der Waals surface area contributed by atoms with E-state index in [-0.39, 0.29) is 0 Å². The van der Waals surface area contributed by atoms with E-state index >= 15 is 0 Å². The van der Waals surface area contributed by atoms with Crippen molar-refractivity contribution in [1.82, 2.24) is 19.4 Å². The van der Waals surface area contributed by atoms with Crippen LogP contribution in [-0.4, -0.2) is 51.6 Å². The Balaban J connectivity index is 1.44. The van der Waals surface area contributed by atoms with Crippen molar-refractivity contribution in [2.75, 3.05) is 26.2 Å². The van der Waals surface area contributed by atoms with E-state index in [4.69, 9.17) is 4.98 Å². The Morgan fingerprint density at radius 1 is 1.04 bits per heavy atom. The molecule has 1 saturated carbocycles. The lowest BCUT2D eigenvalue weighted by Gasteiger charge is -2.36. The molecule has 3 aliphatic rings. The second-order valence-corrected chi connectivity index (χ2v) is 8.19. The zero-order valence-corrected chi connectivity index (χ0v) is 15.5. The predicted molar refractivity (Wildman–Crippen MR) is 102 cm³/mol. The fraction of sp³-hybridized carbons (Fsp3) is 0.667. The van der Waals surface area contributed by atoms with E-state index in [2.05, 4.69) is 33.4 Å². The van der Waals surface area contributed by atoms with Crippen LogP contribution in [0, 0.1) is 0 Å². The summed E-state index contributed by atoms with van der Waals surface area (Å²) in [5.41, 5.74) is 5.68. The highest BCUT2D eigenvalue weighted by atomic mass is 15.2. The maximum atomic E-state index is 5.04. The number of fused-ring (bicyclic) bond motifs is 4. The molecule has 0 radical (unpaired) electrons. The first-order chi connectivity index (χ1) is 12.3. The predicted octanol–water partition coefficient (Wildman–Crippen LogP) is 3.22. The van der Waals surface area contributed by atoms with Crippen LogP contribution in [0.25, 0.3) is 11.0 Å². The molecule has 0 spiro atoms. The summed E-state index contributed by atoms with van der Waals surface area (Å²) in [6.45, 7) is 9.33. The SMILES string of the molecule is CCCN1CCc2cc3nc4n(c3cc2C1)CCN(C1CCC1)CC4. The van der Waals surface area contributed by atoms with Crippen LogP contribution in [0.4, 0.5) is 0 Å². The number of aromatic nitrogens is 2. The summed E-state index contributed by atoms with van der Waals surface area (Å²) in [4.78, 5) is 10.4. The molecule has 1 aromatic heterocycles. The van der Waals surface area contributed by atoms with Gasteiger partial charge in [0.15, 0.2) is 0 Å². The minimum Gasteiger partial charge on any atom is -0.327 e. The molecule has 2 aliphatic heterocycles. The van der Waals surface area contributed by atoms with Gasteiger partial charge in [0.2, 0.25) is 0 Å². The van der Waals surface area contributed by atoms with Gasteiger partial charge >= 0.3 is 0 Å². The third-order valence-electron chi connectivity index (χ3n) is 6.60. The summed E-state index contributed by atoms with van der Waals surface area (Å²) >= 11 is 0. The Labute approximate surface area is 150 Å². The molecule has 0 atom stereocenters. The van der Waals surface area contributed by atoms with Crippen molar-refractivity contribution in [3.8, 4) is 0 Å². The van der Waals surface area contributed by atoms with E-state index in [1.807, 2.05) is 0 Å². The summed E-state index contributed by atoms with van der Waals surface area (Å²) in [6, 6.07) is 5.70. The fourth-order valence-corrected chi connectivity index (χ4v) is 4.93. The van der Waals surface area contributed by atoms with Crippen LogP contribution in [0.1, 0.15) is 49.6 Å². The number of imidazole rings is 1. The summed E-state index contributed by atoms with van der Waals surface area (Å²) in [5.74, 6) is 1.31. The third-order valence-corrected chi connectivity index (χ3v) is 6.60. The molecule has 134 valence electrons. The summed E-state index contributed by atoms with van der Waals surface area (Å²) in [6.07, 6.45) is 7.78. The van der Waals surface area contributed by atoms with Crippen molar-refractivity contribution in [2.45, 2.75) is 64.6 Å². The zero-order chi connectivity index (χ0) is 16.8. The van der Waals surface area contributed by atoms with Gasteiger partial charge < -0.3 is 4.57 Å². The van der Waals surface area contributed by atoms with Crippen LogP contribution < -0.4 is 0 Å². The molecule has 1 aliphatic carbocycles. The normalized spacial score (nSPS) is 22.4. The van der Waals surface area contributed by atoms with Gasteiger partial charge in [-0.15, -0.1) is 0 Å². The van der Waals surface area contributed by atoms with Gasteiger partial charge in [-0.05, 0) is 55.5 Å². The molecule has 2 aromatic rings. The molecule has 0 N–H and O–H groups in total. The second-order valence-electron chi connectivity index (χ2n) is 8.19. The van der Waals surface area contributed by atoms with Crippen molar-refractivity contribution in [3.05, 3.63) is 29.1 Å². The monoisotopic (exact) mass is 338 g/mol. The van der Waals surface area contributed by atoms with Crippen LogP contribution in [0.3, 0.4) is 0 Å². The molecule has 0 amide bonds. The number of hydrogen-bond acceptors (Lipinski definition) is 3. The van der Waals surface area contributed by atoms with Gasteiger partial charge in [0.25, 0.3) is 0 Å². The molecule has 0 saturated heterocycles. The molecule has 3 heterocycles. The highest BCUT2D eigenvalue weighted by Gasteiger charge is 2.27. The molecule has 5 rings (SSSR count). The first kappa shape index (κ1) is 15.8. The van der Waals surface area contributed by atoms with Crippen molar-refractivity contribution >= 4 is 11.0 Å². The van der Waals surface area contributed by atoms with E-state index in [0.29, 0.717) is 0 Å². The number of benzene rings is 1. The lowest BCUT2D eigenvalue weighted by atomic mass is 9.91. The van der Waals surface area contributed by atoms with Gasteiger partial charge in [-0.2, -0.15) is 0 Å². The van der Waals surface area contributed by atoms with Crippen LogP contribution in [0.5, 0.6) is 0 Å². The summed E-state index contributed by atoms with van der Waals surface area (Å²) < 4.78 is 2.52. The van der Waals surface area contributed by atoms with E-state index in [1.165, 1.54) is 86.3 Å². The van der Waals surface area contributed by atoms with Crippen molar-refractivity contribution in [2.24, 2.45) is 0 Å². The number of hydrogen-bond donors (Lipinski definition) is 0. The number of nitrogens with zero attached hydrogens (tertiary/aromatic N) is 4. The molecule has 1 fully saturated rings. The Morgan fingerprint density at radius 3 is 2.76 bits per heavy atom. The van der Waals surface area contributed by atoms with Crippen molar-refractivity contribution in [1.29, 1.82) is 0 Å². The summed E-state index contributed by atoms with van der Waals surface area (Å²) in [5, 5.41) is 0. The van der Waals surface area contributed by atoms with Crippen molar-refractivity contribution in [3.63, 3.8) is 0 Å². The Morgan fingerprint density at radius 2 is 1.96 bits per heavy atom. The Hall–Kier alpha value is -1.39. The van der Waals surface area contributed by atoms with Gasteiger partial charge in [-0.3, -0.25) is 9.80 Å². The van der Waals surface area contributed by atoms with Crippen LogP contribution in [0.2, 0.25) is 0 Å². The average molecular weight is 338 g/mol. The Kier molecular flexibility index (Phi) is 4.05. The average Bonchev–Trinajstić information content (AvgIpc) is 2.77. The fourth-order valence-electron chi connectivity index (χ4n) is 4.93. The first-order valence-corrected chi connectivity index (χ1v) is 10.3. The largest absolute Gasteiger partial charge is 0.327 e. The molecular weight excluding hydrogens is 308 g/mol. The molecule has 4 nitrogen and oxygen atoms in total. The maximum absolute atomic E-state index is 5.04. The van der Waals surface area contributed by atoms with Gasteiger partial charge in [-0.1, -0.05) is 13.3 Å². The topological polar surface area (TPSA) is 24.3 Å². The van der Waals surface area contributed by atoms with E-state index < -0.39 is 0 Å². The van der Waals surface area contributed by atoms with E-state index in [9.17, 15) is 0 Å². The molecule has 0 bridgehead atoms. The lowest BCUT2D eigenvalue weighted by Crippen LogP contribution is -2.41. The van der Waals surface area contributed by atoms with Crippen LogP contribution in [0.15, 0.2) is 12.1 Å². The molecule has 4 heteroatoms. The van der Waals surface area contributed by atoms with E-state index in [0.717, 1.165) is 25.6 Å². The third kappa shape index (κ3) is 2.80. The molecular formula is C21H30N4. The first-order valence-electron chi connectivity index (χ1n) is 10.3. The molecule has 0 unspecified atom stereocenters. The minimum atomic E-state index is 0.853. The number of rotatable bonds is 3. The van der Waals surface area contributed by atoms with Gasteiger partial charge in [0.1, 0.15) is 5.82 Å². The Bertz CT molecular complexity index is 774. The van der Waals surface area contributed by atoms with Gasteiger partial charge in [0, 0.05) is 45.2 Å². The summed E-state index contributed by atoms with van der Waals surface area (Å²) in [7, 11) is 0. The highest BCUT2D eigenvalue weighted by molar-refractivity contribution is 5.78. The maximum Gasteiger partial charge on any atom is 0.111 e. The van der Waals surface area contributed by atoms with E-state index in [1.54, 1.807) is 0 Å². The van der Waals surface area contributed by atoms with Gasteiger partial charge in [-0.25, -0.2) is 4.98 Å². The molecule has 25 heavy (non-hydrogen) atoms. The van der Waals surface area contributed by atoms with Crippen LogP contribution >= 0.6 is 0 Å². The van der Waals surface area contributed by atoms with Crippen molar-refractivity contribution < 1.29 is 0 Å².